The predicted molar refractivity (Wildman–Crippen MR) is 60.9 cm³/mol. The number of pyridine rings is 1. The molecule has 17 heavy (non-hydrogen) atoms. The van der Waals surface area contributed by atoms with Crippen LogP contribution < -0.4 is 4.72 Å². The number of hydrogen-bond acceptors (Lipinski definition) is 4. The molecule has 0 aromatic carbocycles. The number of carbonyl (C=O) groups is 1. The van der Waals surface area contributed by atoms with Gasteiger partial charge in [0.2, 0.25) is 10.0 Å². The largest absolute Gasteiger partial charge is 0.481 e. The van der Waals surface area contributed by atoms with Gasteiger partial charge in [0.25, 0.3) is 0 Å². The van der Waals surface area contributed by atoms with E-state index in [0.29, 0.717) is 12.8 Å². The number of sulfonamides is 1. The van der Waals surface area contributed by atoms with Crippen LogP contribution in [0.4, 0.5) is 0 Å². The first-order valence-electron chi connectivity index (χ1n) is 5.14. The van der Waals surface area contributed by atoms with Crippen LogP contribution in [-0.2, 0) is 14.8 Å². The normalized spacial score (nSPS) is 11.3. The van der Waals surface area contributed by atoms with Crippen LogP contribution in [0.3, 0.4) is 0 Å². The van der Waals surface area contributed by atoms with E-state index in [9.17, 15) is 13.2 Å². The van der Waals surface area contributed by atoms with E-state index in [0.717, 1.165) is 0 Å². The van der Waals surface area contributed by atoms with Gasteiger partial charge in [-0.1, -0.05) is 0 Å². The number of aliphatic carboxylic acids is 1. The molecule has 1 heterocycles. The van der Waals surface area contributed by atoms with E-state index >= 15 is 0 Å². The summed E-state index contributed by atoms with van der Waals surface area (Å²) in [6.45, 7) is 0.227. The van der Waals surface area contributed by atoms with Crippen molar-refractivity contribution in [3.63, 3.8) is 0 Å². The minimum absolute atomic E-state index is 0.0502. The first-order chi connectivity index (χ1) is 8.02. The Morgan fingerprint density at radius 2 is 2.18 bits per heavy atom. The van der Waals surface area contributed by atoms with Crippen LogP contribution in [-0.4, -0.2) is 31.0 Å². The van der Waals surface area contributed by atoms with Gasteiger partial charge >= 0.3 is 5.97 Å². The lowest BCUT2D eigenvalue weighted by Gasteiger charge is -2.05. The average Bonchev–Trinajstić information content (AvgIpc) is 2.29. The number of nitrogens with zero attached hydrogens (tertiary/aromatic N) is 1. The molecule has 0 saturated carbocycles. The third-order valence-electron chi connectivity index (χ3n) is 2.05. The Morgan fingerprint density at radius 1 is 1.41 bits per heavy atom. The van der Waals surface area contributed by atoms with Crippen LogP contribution in [0, 0.1) is 0 Å². The van der Waals surface area contributed by atoms with Gasteiger partial charge in [-0.05, 0) is 25.0 Å². The second kappa shape index (κ2) is 6.31. The zero-order valence-corrected chi connectivity index (χ0v) is 9.98. The van der Waals surface area contributed by atoms with Crippen LogP contribution in [0.15, 0.2) is 29.4 Å². The van der Waals surface area contributed by atoms with Gasteiger partial charge in [0, 0.05) is 25.4 Å². The third kappa shape index (κ3) is 4.92. The molecule has 0 atom stereocenters. The molecule has 94 valence electrons. The lowest BCUT2D eigenvalue weighted by Crippen LogP contribution is -2.24. The maximum Gasteiger partial charge on any atom is 0.303 e. The van der Waals surface area contributed by atoms with E-state index in [4.69, 9.17) is 5.11 Å². The number of unbranched alkanes of at least 4 members (excludes halogenated alkanes) is 1. The Labute approximate surface area is 99.7 Å². The van der Waals surface area contributed by atoms with Crippen molar-refractivity contribution in [3.8, 4) is 0 Å². The Bertz CT molecular complexity index is 458. The summed E-state index contributed by atoms with van der Waals surface area (Å²) in [5.41, 5.74) is 0. The van der Waals surface area contributed by atoms with Gasteiger partial charge in [0.15, 0.2) is 0 Å². The van der Waals surface area contributed by atoms with Crippen LogP contribution in [0.2, 0.25) is 0 Å². The van der Waals surface area contributed by atoms with Crippen molar-refractivity contribution >= 4 is 16.0 Å². The number of hydrogen-bond donors (Lipinski definition) is 2. The summed E-state index contributed by atoms with van der Waals surface area (Å²) in [5, 5.41) is 8.40. The Hall–Kier alpha value is -1.47. The molecule has 0 aliphatic heterocycles. The second-order valence-electron chi connectivity index (χ2n) is 3.44. The van der Waals surface area contributed by atoms with Gasteiger partial charge in [0.1, 0.15) is 4.90 Å². The number of rotatable bonds is 7. The van der Waals surface area contributed by atoms with E-state index in [1.165, 1.54) is 18.5 Å². The zero-order valence-electron chi connectivity index (χ0n) is 9.17. The standard InChI is InChI=1S/C10H14N2O4S/c13-10(14)5-1-2-7-12-17(15,16)9-4-3-6-11-8-9/h3-4,6,8,12H,1-2,5,7H2,(H,13,14). The van der Waals surface area contributed by atoms with Crippen LogP contribution in [0.25, 0.3) is 0 Å². The minimum Gasteiger partial charge on any atom is -0.481 e. The monoisotopic (exact) mass is 258 g/mol. The number of carboxylic acids is 1. The molecule has 0 amide bonds. The van der Waals surface area contributed by atoms with Gasteiger partial charge in [-0.25, -0.2) is 13.1 Å². The third-order valence-corrected chi connectivity index (χ3v) is 3.50. The first kappa shape index (κ1) is 13.6. The molecular formula is C10H14N2O4S. The highest BCUT2D eigenvalue weighted by molar-refractivity contribution is 7.89. The molecule has 0 radical (unpaired) electrons. The summed E-state index contributed by atoms with van der Waals surface area (Å²) < 4.78 is 25.7. The van der Waals surface area contributed by atoms with E-state index in [-0.39, 0.29) is 17.9 Å². The van der Waals surface area contributed by atoms with Crippen LogP contribution in [0.1, 0.15) is 19.3 Å². The fourth-order valence-electron chi connectivity index (χ4n) is 1.20. The predicted octanol–water partition coefficient (Wildman–Crippen LogP) is 0.615. The van der Waals surface area contributed by atoms with E-state index in [2.05, 4.69) is 9.71 Å². The minimum atomic E-state index is -3.52. The highest BCUT2D eigenvalue weighted by atomic mass is 32.2. The molecule has 0 bridgehead atoms. The summed E-state index contributed by atoms with van der Waals surface area (Å²) in [6.07, 6.45) is 3.75. The van der Waals surface area contributed by atoms with Crippen molar-refractivity contribution in [2.24, 2.45) is 0 Å². The summed E-state index contributed by atoms with van der Waals surface area (Å²) in [6, 6.07) is 2.99. The lowest BCUT2D eigenvalue weighted by atomic mass is 10.2. The van der Waals surface area contributed by atoms with E-state index in [1.54, 1.807) is 6.07 Å². The molecule has 0 spiro atoms. The Kier molecular flexibility index (Phi) is 5.05. The van der Waals surface area contributed by atoms with E-state index < -0.39 is 16.0 Å². The Morgan fingerprint density at radius 3 is 2.76 bits per heavy atom. The number of aromatic nitrogens is 1. The topological polar surface area (TPSA) is 96.4 Å². The van der Waals surface area contributed by atoms with Crippen molar-refractivity contribution in [3.05, 3.63) is 24.5 Å². The number of nitrogens with one attached hydrogen (secondary N) is 1. The molecular weight excluding hydrogens is 244 g/mol. The summed E-state index contributed by atoms with van der Waals surface area (Å²) in [4.78, 5) is 14.1. The fourth-order valence-corrected chi connectivity index (χ4v) is 2.23. The molecule has 0 saturated heterocycles. The maximum absolute atomic E-state index is 11.7. The molecule has 1 rings (SSSR count). The van der Waals surface area contributed by atoms with Gasteiger partial charge in [-0.2, -0.15) is 0 Å². The van der Waals surface area contributed by atoms with Crippen molar-refractivity contribution in [2.45, 2.75) is 24.2 Å². The average molecular weight is 258 g/mol. The number of carboxylic acid groups (broad SMARTS) is 1. The smallest absolute Gasteiger partial charge is 0.303 e. The van der Waals surface area contributed by atoms with Gasteiger partial charge in [-0.3, -0.25) is 9.78 Å². The highest BCUT2D eigenvalue weighted by Crippen LogP contribution is 2.05. The van der Waals surface area contributed by atoms with Crippen molar-refractivity contribution in [1.82, 2.24) is 9.71 Å². The van der Waals surface area contributed by atoms with E-state index in [1.807, 2.05) is 0 Å². The lowest BCUT2D eigenvalue weighted by molar-refractivity contribution is -0.137. The van der Waals surface area contributed by atoms with Crippen LogP contribution in [0.5, 0.6) is 0 Å². The maximum atomic E-state index is 11.7. The highest BCUT2D eigenvalue weighted by Gasteiger charge is 2.12. The van der Waals surface area contributed by atoms with Crippen LogP contribution >= 0.6 is 0 Å². The van der Waals surface area contributed by atoms with Gasteiger partial charge in [0.05, 0.1) is 0 Å². The van der Waals surface area contributed by atoms with Crippen molar-refractivity contribution in [2.75, 3.05) is 6.54 Å². The SMILES string of the molecule is O=C(O)CCCCNS(=O)(=O)c1cccnc1. The summed E-state index contributed by atoms with van der Waals surface area (Å²) in [5.74, 6) is -0.875. The quantitative estimate of drug-likeness (QED) is 0.699. The van der Waals surface area contributed by atoms with Gasteiger partial charge in [-0.15, -0.1) is 0 Å². The molecule has 0 aliphatic rings. The second-order valence-corrected chi connectivity index (χ2v) is 5.20. The van der Waals surface area contributed by atoms with Gasteiger partial charge < -0.3 is 5.11 Å². The molecule has 7 heteroatoms. The first-order valence-corrected chi connectivity index (χ1v) is 6.62. The summed E-state index contributed by atoms with van der Waals surface area (Å²) >= 11 is 0. The summed E-state index contributed by atoms with van der Waals surface area (Å²) in [7, 11) is -3.52. The molecule has 1 aromatic heterocycles. The van der Waals surface area contributed by atoms with Crippen molar-refractivity contribution < 1.29 is 18.3 Å². The fraction of sp³-hybridized carbons (Fsp3) is 0.400. The van der Waals surface area contributed by atoms with Crippen molar-refractivity contribution in [1.29, 1.82) is 0 Å². The molecule has 2 N–H and O–H groups in total. The molecule has 0 fully saturated rings. The molecule has 0 aliphatic carbocycles. The molecule has 6 nitrogen and oxygen atoms in total. The molecule has 1 aromatic rings. The zero-order chi connectivity index (χ0) is 12.7. The Balaban J connectivity index is 2.39. The molecule has 0 unspecified atom stereocenters.